The van der Waals surface area contributed by atoms with Crippen LogP contribution in [0.1, 0.15) is 24.2 Å². The first-order valence-electron chi connectivity index (χ1n) is 7.26. The summed E-state index contributed by atoms with van der Waals surface area (Å²) in [7, 11) is -3.70. The van der Waals surface area contributed by atoms with E-state index in [1.54, 1.807) is 43.6 Å². The summed E-state index contributed by atoms with van der Waals surface area (Å²) in [4.78, 5) is 8.66. The van der Waals surface area contributed by atoms with Crippen molar-refractivity contribution in [3.05, 3.63) is 66.1 Å². The number of pyridine rings is 2. The van der Waals surface area contributed by atoms with Gasteiger partial charge in [-0.15, -0.1) is 0 Å². The number of hydrogen-bond donors (Lipinski definition) is 1. The van der Waals surface area contributed by atoms with E-state index >= 15 is 0 Å². The molecule has 0 spiro atoms. The topological polar surface area (TPSA) is 72.0 Å². The maximum atomic E-state index is 12.7. The molecule has 0 aliphatic heterocycles. The second kappa shape index (κ2) is 6.06. The SMILES string of the molecule is Cc1cnc2c(S(=O)(=O)N[C@@H](C)c3ccccn3)cccc2c1. The second-order valence-electron chi connectivity index (χ2n) is 5.44. The third kappa shape index (κ3) is 3.23. The molecule has 3 aromatic rings. The third-order valence-corrected chi connectivity index (χ3v) is 5.14. The quantitative estimate of drug-likeness (QED) is 0.799. The van der Waals surface area contributed by atoms with E-state index < -0.39 is 16.1 Å². The summed E-state index contributed by atoms with van der Waals surface area (Å²) < 4.78 is 28.1. The highest BCUT2D eigenvalue weighted by molar-refractivity contribution is 7.89. The molecule has 1 atom stereocenters. The number of benzene rings is 1. The molecule has 23 heavy (non-hydrogen) atoms. The van der Waals surface area contributed by atoms with E-state index in [1.165, 1.54) is 0 Å². The molecule has 2 aromatic heterocycles. The average molecular weight is 327 g/mol. The average Bonchev–Trinajstić information content (AvgIpc) is 2.54. The van der Waals surface area contributed by atoms with E-state index in [4.69, 9.17) is 0 Å². The standard InChI is InChI=1S/C17H17N3O2S/c1-12-10-14-6-5-8-16(17(14)19-11-12)23(21,22)20-13(2)15-7-3-4-9-18-15/h3-11,13,20H,1-2H3/t13-/m0/s1. The molecule has 0 fully saturated rings. The Morgan fingerprint density at radius 2 is 1.91 bits per heavy atom. The lowest BCUT2D eigenvalue weighted by Gasteiger charge is -2.14. The maximum absolute atomic E-state index is 12.7. The monoisotopic (exact) mass is 327 g/mol. The molecule has 0 aliphatic rings. The van der Waals surface area contributed by atoms with Gasteiger partial charge < -0.3 is 0 Å². The molecule has 2 heterocycles. The molecule has 0 unspecified atom stereocenters. The summed E-state index contributed by atoms with van der Waals surface area (Å²) in [5, 5.41) is 0.804. The van der Waals surface area contributed by atoms with Gasteiger partial charge in [0.1, 0.15) is 4.90 Å². The Balaban J connectivity index is 2.00. The first kappa shape index (κ1) is 15.6. The third-order valence-electron chi connectivity index (χ3n) is 3.56. The van der Waals surface area contributed by atoms with Gasteiger partial charge in [0.25, 0.3) is 0 Å². The molecular formula is C17H17N3O2S. The number of aryl methyl sites for hydroxylation is 1. The molecule has 118 valence electrons. The van der Waals surface area contributed by atoms with Crippen molar-refractivity contribution in [2.45, 2.75) is 24.8 Å². The Bertz CT molecular complexity index is 940. The molecule has 3 rings (SSSR count). The minimum absolute atomic E-state index is 0.179. The van der Waals surface area contributed by atoms with Crippen LogP contribution in [0.3, 0.4) is 0 Å². The maximum Gasteiger partial charge on any atom is 0.243 e. The normalized spacial score (nSPS) is 13.1. The van der Waals surface area contributed by atoms with Gasteiger partial charge in [-0.3, -0.25) is 9.97 Å². The van der Waals surface area contributed by atoms with E-state index in [9.17, 15) is 8.42 Å². The molecule has 5 nitrogen and oxygen atoms in total. The van der Waals surface area contributed by atoms with Gasteiger partial charge in [-0.2, -0.15) is 0 Å². The highest BCUT2D eigenvalue weighted by atomic mass is 32.2. The molecule has 0 radical (unpaired) electrons. The van der Waals surface area contributed by atoms with Gasteiger partial charge in [-0.25, -0.2) is 13.1 Å². The van der Waals surface area contributed by atoms with Crippen LogP contribution < -0.4 is 4.72 Å². The Morgan fingerprint density at radius 1 is 1.09 bits per heavy atom. The number of rotatable bonds is 4. The van der Waals surface area contributed by atoms with Gasteiger partial charge in [-0.05, 0) is 43.7 Å². The smallest absolute Gasteiger partial charge is 0.243 e. The van der Waals surface area contributed by atoms with E-state index in [0.717, 1.165) is 10.9 Å². The van der Waals surface area contributed by atoms with Crippen molar-refractivity contribution >= 4 is 20.9 Å². The summed E-state index contributed by atoms with van der Waals surface area (Å²) in [6, 6.07) is 12.1. The largest absolute Gasteiger partial charge is 0.260 e. The van der Waals surface area contributed by atoms with E-state index in [2.05, 4.69) is 14.7 Å². The van der Waals surface area contributed by atoms with Crippen LogP contribution >= 0.6 is 0 Å². The summed E-state index contributed by atoms with van der Waals surface area (Å²) in [5.41, 5.74) is 2.13. The molecule has 0 saturated heterocycles. The van der Waals surface area contributed by atoms with Crippen LogP contribution in [0.25, 0.3) is 10.9 Å². The van der Waals surface area contributed by atoms with Crippen LogP contribution in [0.5, 0.6) is 0 Å². The molecule has 1 N–H and O–H groups in total. The Labute approximate surface area is 135 Å². The second-order valence-corrected chi connectivity index (χ2v) is 7.12. The van der Waals surface area contributed by atoms with E-state index in [0.29, 0.717) is 11.2 Å². The van der Waals surface area contributed by atoms with Crippen molar-refractivity contribution in [3.8, 4) is 0 Å². The Morgan fingerprint density at radius 3 is 2.65 bits per heavy atom. The molecule has 6 heteroatoms. The van der Waals surface area contributed by atoms with E-state index in [1.807, 2.05) is 25.1 Å². The minimum Gasteiger partial charge on any atom is -0.260 e. The predicted molar refractivity (Wildman–Crippen MR) is 89.5 cm³/mol. The summed E-state index contributed by atoms with van der Waals surface area (Å²) in [5.74, 6) is 0. The number of aromatic nitrogens is 2. The van der Waals surface area contributed by atoms with Gasteiger partial charge in [-0.1, -0.05) is 18.2 Å². The van der Waals surface area contributed by atoms with Crippen LogP contribution in [0.15, 0.2) is 59.8 Å². The van der Waals surface area contributed by atoms with Crippen molar-refractivity contribution in [1.29, 1.82) is 0 Å². The molecule has 0 amide bonds. The molecular weight excluding hydrogens is 310 g/mol. The summed E-state index contributed by atoms with van der Waals surface area (Å²) >= 11 is 0. The number of para-hydroxylation sites is 1. The van der Waals surface area contributed by atoms with Gasteiger partial charge in [0, 0.05) is 17.8 Å². The first-order chi connectivity index (χ1) is 11.0. The highest BCUT2D eigenvalue weighted by Crippen LogP contribution is 2.23. The van der Waals surface area contributed by atoms with Crippen molar-refractivity contribution < 1.29 is 8.42 Å². The Hall–Kier alpha value is -2.31. The fourth-order valence-corrected chi connectivity index (χ4v) is 3.84. The highest BCUT2D eigenvalue weighted by Gasteiger charge is 2.21. The molecule has 0 saturated carbocycles. The zero-order chi connectivity index (χ0) is 16.4. The molecule has 0 aliphatic carbocycles. The van der Waals surface area contributed by atoms with Gasteiger partial charge in [0.2, 0.25) is 10.0 Å². The van der Waals surface area contributed by atoms with Crippen molar-refractivity contribution in [2.24, 2.45) is 0 Å². The van der Waals surface area contributed by atoms with Crippen LogP contribution in [0.2, 0.25) is 0 Å². The molecule has 1 aromatic carbocycles. The zero-order valence-corrected chi connectivity index (χ0v) is 13.7. The zero-order valence-electron chi connectivity index (χ0n) is 12.9. The van der Waals surface area contributed by atoms with Crippen LogP contribution in [0.4, 0.5) is 0 Å². The Kier molecular flexibility index (Phi) is 4.11. The number of sulfonamides is 1. The predicted octanol–water partition coefficient (Wildman–Crippen LogP) is 2.98. The van der Waals surface area contributed by atoms with Gasteiger partial charge >= 0.3 is 0 Å². The van der Waals surface area contributed by atoms with Crippen molar-refractivity contribution in [2.75, 3.05) is 0 Å². The van der Waals surface area contributed by atoms with Crippen molar-refractivity contribution in [1.82, 2.24) is 14.7 Å². The minimum atomic E-state index is -3.70. The number of nitrogens with one attached hydrogen (secondary N) is 1. The summed E-state index contributed by atoms with van der Waals surface area (Å²) in [6.07, 6.45) is 3.31. The lowest BCUT2D eigenvalue weighted by Crippen LogP contribution is -2.27. The van der Waals surface area contributed by atoms with E-state index in [-0.39, 0.29) is 4.90 Å². The van der Waals surface area contributed by atoms with Gasteiger partial charge in [0.05, 0.1) is 17.3 Å². The first-order valence-corrected chi connectivity index (χ1v) is 8.74. The van der Waals surface area contributed by atoms with Crippen molar-refractivity contribution in [3.63, 3.8) is 0 Å². The lowest BCUT2D eigenvalue weighted by molar-refractivity contribution is 0.564. The number of hydrogen-bond acceptors (Lipinski definition) is 4. The summed E-state index contributed by atoms with van der Waals surface area (Å²) in [6.45, 7) is 3.69. The molecule has 0 bridgehead atoms. The lowest BCUT2D eigenvalue weighted by atomic mass is 10.2. The van der Waals surface area contributed by atoms with Crippen LogP contribution in [-0.2, 0) is 10.0 Å². The number of nitrogens with zero attached hydrogens (tertiary/aromatic N) is 2. The van der Waals surface area contributed by atoms with Gasteiger partial charge in [0.15, 0.2) is 0 Å². The fourth-order valence-electron chi connectivity index (χ4n) is 2.45. The fraction of sp³-hybridized carbons (Fsp3) is 0.176. The number of fused-ring (bicyclic) bond motifs is 1. The van der Waals surface area contributed by atoms with Crippen LogP contribution in [0, 0.1) is 6.92 Å². The van der Waals surface area contributed by atoms with Crippen LogP contribution in [-0.4, -0.2) is 18.4 Å².